The molecule has 0 saturated carbocycles. The van der Waals surface area contributed by atoms with Crippen molar-refractivity contribution < 1.29 is 0 Å². The van der Waals surface area contributed by atoms with Crippen LogP contribution in [0.4, 0.5) is 5.82 Å². The average Bonchev–Trinajstić information content (AvgIpc) is 2.35. The molecule has 0 aliphatic carbocycles. The van der Waals surface area contributed by atoms with Crippen LogP contribution in [0.15, 0.2) is 12.3 Å². The number of anilines is 1. The van der Waals surface area contributed by atoms with E-state index in [-0.39, 0.29) is 0 Å². The van der Waals surface area contributed by atoms with Gasteiger partial charge in [0.2, 0.25) is 0 Å². The molecule has 0 fully saturated rings. The normalized spacial score (nSPS) is 10.3. The van der Waals surface area contributed by atoms with Crippen molar-refractivity contribution in [3.63, 3.8) is 0 Å². The third-order valence-corrected chi connectivity index (χ3v) is 2.89. The molecular formula is C13H20N4. The summed E-state index contributed by atoms with van der Waals surface area (Å²) in [6.07, 6.45) is 1.73. The van der Waals surface area contributed by atoms with Gasteiger partial charge in [-0.3, -0.25) is 0 Å². The SMILES string of the molecule is CCN(CC)CCNc1nccc(C)c1C#N. The summed E-state index contributed by atoms with van der Waals surface area (Å²) in [4.78, 5) is 6.53. The molecule has 17 heavy (non-hydrogen) atoms. The largest absolute Gasteiger partial charge is 0.368 e. The van der Waals surface area contributed by atoms with Gasteiger partial charge in [-0.05, 0) is 31.6 Å². The zero-order chi connectivity index (χ0) is 12.7. The Morgan fingerprint density at radius 3 is 2.71 bits per heavy atom. The zero-order valence-corrected chi connectivity index (χ0v) is 10.8. The molecule has 0 aromatic carbocycles. The summed E-state index contributed by atoms with van der Waals surface area (Å²) in [6, 6.07) is 4.05. The first-order valence-electron chi connectivity index (χ1n) is 6.04. The molecule has 0 aliphatic heterocycles. The van der Waals surface area contributed by atoms with E-state index in [1.165, 1.54) is 0 Å². The summed E-state index contributed by atoms with van der Waals surface area (Å²) in [7, 11) is 0. The molecule has 0 atom stereocenters. The lowest BCUT2D eigenvalue weighted by Gasteiger charge is -2.18. The van der Waals surface area contributed by atoms with Crippen molar-refractivity contribution in [2.24, 2.45) is 0 Å². The van der Waals surface area contributed by atoms with Gasteiger partial charge in [0.1, 0.15) is 11.9 Å². The van der Waals surface area contributed by atoms with Gasteiger partial charge < -0.3 is 10.2 Å². The topological polar surface area (TPSA) is 52.0 Å². The van der Waals surface area contributed by atoms with Crippen LogP contribution < -0.4 is 5.32 Å². The van der Waals surface area contributed by atoms with E-state index in [9.17, 15) is 0 Å². The quantitative estimate of drug-likeness (QED) is 0.815. The predicted octanol–water partition coefficient (Wildman–Crippen LogP) is 2.02. The summed E-state index contributed by atoms with van der Waals surface area (Å²) in [5.74, 6) is 0.694. The number of rotatable bonds is 6. The second kappa shape index (κ2) is 6.87. The Kier molecular flexibility index (Phi) is 5.44. The maximum absolute atomic E-state index is 9.06. The molecule has 1 N–H and O–H groups in total. The Morgan fingerprint density at radius 2 is 2.12 bits per heavy atom. The molecule has 0 unspecified atom stereocenters. The maximum Gasteiger partial charge on any atom is 0.144 e. The smallest absolute Gasteiger partial charge is 0.144 e. The molecular weight excluding hydrogens is 212 g/mol. The van der Waals surface area contributed by atoms with Crippen molar-refractivity contribution in [1.29, 1.82) is 5.26 Å². The van der Waals surface area contributed by atoms with Crippen LogP contribution in [-0.4, -0.2) is 36.1 Å². The number of aromatic nitrogens is 1. The van der Waals surface area contributed by atoms with Crippen molar-refractivity contribution in [2.45, 2.75) is 20.8 Å². The zero-order valence-electron chi connectivity index (χ0n) is 10.8. The Labute approximate surface area is 103 Å². The third-order valence-electron chi connectivity index (χ3n) is 2.89. The molecule has 0 radical (unpaired) electrons. The number of aryl methyl sites for hydroxylation is 1. The van der Waals surface area contributed by atoms with E-state index in [1.54, 1.807) is 6.20 Å². The highest BCUT2D eigenvalue weighted by Gasteiger charge is 2.06. The van der Waals surface area contributed by atoms with Crippen LogP contribution >= 0.6 is 0 Å². The van der Waals surface area contributed by atoms with Gasteiger partial charge in [0.15, 0.2) is 0 Å². The third kappa shape index (κ3) is 3.72. The molecule has 0 aliphatic rings. The van der Waals surface area contributed by atoms with Gasteiger partial charge in [-0.25, -0.2) is 4.98 Å². The first-order chi connectivity index (χ1) is 8.22. The fraction of sp³-hybridized carbons (Fsp3) is 0.538. The molecule has 1 aromatic heterocycles. The molecule has 1 rings (SSSR count). The van der Waals surface area contributed by atoms with Crippen LogP contribution in [0, 0.1) is 18.3 Å². The van der Waals surface area contributed by atoms with Crippen LogP contribution in [-0.2, 0) is 0 Å². The molecule has 4 heteroatoms. The van der Waals surface area contributed by atoms with Crippen LogP contribution in [0.5, 0.6) is 0 Å². The highest BCUT2D eigenvalue weighted by molar-refractivity contribution is 5.55. The Bertz CT molecular complexity index is 391. The number of pyridine rings is 1. The van der Waals surface area contributed by atoms with Gasteiger partial charge in [-0.1, -0.05) is 13.8 Å². The molecule has 4 nitrogen and oxygen atoms in total. The van der Waals surface area contributed by atoms with Crippen molar-refractivity contribution in [1.82, 2.24) is 9.88 Å². The van der Waals surface area contributed by atoms with E-state index >= 15 is 0 Å². The number of nitrogens with one attached hydrogen (secondary N) is 1. The number of hydrogen-bond acceptors (Lipinski definition) is 4. The van der Waals surface area contributed by atoms with Gasteiger partial charge in [0.05, 0.1) is 5.56 Å². The molecule has 0 amide bonds. The summed E-state index contributed by atoms with van der Waals surface area (Å²) in [5.41, 5.74) is 1.61. The van der Waals surface area contributed by atoms with Crippen LogP contribution in [0.1, 0.15) is 25.0 Å². The first-order valence-corrected chi connectivity index (χ1v) is 6.04. The predicted molar refractivity (Wildman–Crippen MR) is 70.0 cm³/mol. The van der Waals surface area contributed by atoms with E-state index in [2.05, 4.69) is 35.1 Å². The van der Waals surface area contributed by atoms with Gasteiger partial charge in [0, 0.05) is 19.3 Å². The van der Waals surface area contributed by atoms with E-state index in [1.807, 2.05) is 13.0 Å². The Balaban J connectivity index is 2.58. The van der Waals surface area contributed by atoms with Crippen molar-refractivity contribution >= 4 is 5.82 Å². The van der Waals surface area contributed by atoms with Crippen LogP contribution in [0.3, 0.4) is 0 Å². The molecule has 1 heterocycles. The summed E-state index contributed by atoms with van der Waals surface area (Å²) >= 11 is 0. The van der Waals surface area contributed by atoms with Crippen molar-refractivity contribution in [3.8, 4) is 6.07 Å². The first kappa shape index (κ1) is 13.5. The number of likely N-dealkylation sites (N-methyl/N-ethyl adjacent to an activating group) is 1. The van der Waals surface area contributed by atoms with Gasteiger partial charge in [0.25, 0.3) is 0 Å². The summed E-state index contributed by atoms with van der Waals surface area (Å²) in [6.45, 7) is 10.1. The molecule has 0 bridgehead atoms. The van der Waals surface area contributed by atoms with E-state index < -0.39 is 0 Å². The van der Waals surface area contributed by atoms with E-state index in [4.69, 9.17) is 5.26 Å². The Morgan fingerprint density at radius 1 is 1.41 bits per heavy atom. The van der Waals surface area contributed by atoms with Gasteiger partial charge in [-0.2, -0.15) is 5.26 Å². The maximum atomic E-state index is 9.06. The fourth-order valence-corrected chi connectivity index (χ4v) is 1.71. The van der Waals surface area contributed by atoms with Gasteiger partial charge >= 0.3 is 0 Å². The lowest BCUT2D eigenvalue weighted by Crippen LogP contribution is -2.28. The molecule has 0 saturated heterocycles. The Hall–Kier alpha value is -1.60. The van der Waals surface area contributed by atoms with E-state index in [0.717, 1.165) is 31.7 Å². The minimum absolute atomic E-state index is 0.645. The molecule has 92 valence electrons. The second-order valence-electron chi connectivity index (χ2n) is 3.92. The monoisotopic (exact) mass is 232 g/mol. The highest BCUT2D eigenvalue weighted by Crippen LogP contribution is 2.14. The number of hydrogen-bond donors (Lipinski definition) is 1. The lowest BCUT2D eigenvalue weighted by molar-refractivity contribution is 0.316. The molecule has 0 spiro atoms. The number of nitriles is 1. The van der Waals surface area contributed by atoms with Gasteiger partial charge in [-0.15, -0.1) is 0 Å². The second-order valence-corrected chi connectivity index (χ2v) is 3.92. The lowest BCUT2D eigenvalue weighted by atomic mass is 10.1. The standard InChI is InChI=1S/C13H20N4/c1-4-17(5-2)9-8-16-13-12(10-14)11(3)6-7-15-13/h6-7H,4-5,8-9H2,1-3H3,(H,15,16). The van der Waals surface area contributed by atoms with Crippen LogP contribution in [0.2, 0.25) is 0 Å². The van der Waals surface area contributed by atoms with Crippen molar-refractivity contribution in [2.75, 3.05) is 31.5 Å². The number of nitrogens with zero attached hydrogens (tertiary/aromatic N) is 3. The average molecular weight is 232 g/mol. The fourth-order valence-electron chi connectivity index (χ4n) is 1.71. The minimum Gasteiger partial charge on any atom is -0.368 e. The van der Waals surface area contributed by atoms with Crippen LogP contribution in [0.25, 0.3) is 0 Å². The highest BCUT2D eigenvalue weighted by atomic mass is 15.1. The molecule has 1 aromatic rings. The minimum atomic E-state index is 0.645. The summed E-state index contributed by atoms with van der Waals surface area (Å²) in [5, 5.41) is 12.3. The summed E-state index contributed by atoms with van der Waals surface area (Å²) < 4.78 is 0. The van der Waals surface area contributed by atoms with E-state index in [0.29, 0.717) is 11.4 Å². The van der Waals surface area contributed by atoms with Crippen molar-refractivity contribution in [3.05, 3.63) is 23.4 Å².